The average Bonchev–Trinajstić information content (AvgIpc) is 3.20. The van der Waals surface area contributed by atoms with E-state index in [1.54, 1.807) is 7.11 Å². The van der Waals surface area contributed by atoms with Crippen LogP contribution in [0.4, 0.5) is 0 Å². The first-order valence-corrected chi connectivity index (χ1v) is 9.19. The summed E-state index contributed by atoms with van der Waals surface area (Å²) in [7, 11) is 1.61. The second-order valence-electron chi connectivity index (χ2n) is 6.90. The molecule has 3 aliphatic rings. The summed E-state index contributed by atoms with van der Waals surface area (Å²) in [6, 6.07) is 19.8. The highest BCUT2D eigenvalue weighted by Crippen LogP contribution is 2.43. The summed E-state index contributed by atoms with van der Waals surface area (Å²) < 4.78 is 36.1. The van der Waals surface area contributed by atoms with Crippen molar-refractivity contribution >= 4 is 0 Å². The van der Waals surface area contributed by atoms with Crippen LogP contribution in [0, 0.1) is 0 Å². The third kappa shape index (κ3) is 3.18. The van der Waals surface area contributed by atoms with Crippen LogP contribution in [-0.4, -0.2) is 44.4 Å². The van der Waals surface area contributed by atoms with Crippen LogP contribution >= 0.6 is 0 Å². The maximum atomic E-state index is 6.27. The summed E-state index contributed by atoms with van der Waals surface area (Å²) in [5.41, 5.74) is 1.94. The van der Waals surface area contributed by atoms with Crippen LogP contribution in [0.1, 0.15) is 23.7 Å². The summed E-state index contributed by atoms with van der Waals surface area (Å²) in [6.45, 7) is 0.409. The van der Waals surface area contributed by atoms with Gasteiger partial charge in [-0.25, -0.2) is 0 Å². The standard InChI is InChI=1S/C21H22O6/c1-22-21-18-17(26-20(27-18)14-10-6-3-7-11-14)16-15(24-21)12-23-19(25-16)13-8-4-2-5-9-13/h2-11,15-21H,12H2,1H3/t15-,16-,17+,18+,19?,20?,21+/m1/s1. The number of benzene rings is 2. The van der Waals surface area contributed by atoms with E-state index in [4.69, 9.17) is 28.4 Å². The molecule has 3 heterocycles. The van der Waals surface area contributed by atoms with E-state index >= 15 is 0 Å². The molecule has 27 heavy (non-hydrogen) atoms. The molecule has 3 saturated heterocycles. The minimum absolute atomic E-state index is 0.269. The Morgan fingerprint density at radius 3 is 1.96 bits per heavy atom. The average molecular weight is 370 g/mol. The third-order valence-corrected chi connectivity index (χ3v) is 5.22. The highest BCUT2D eigenvalue weighted by atomic mass is 16.8. The second-order valence-corrected chi connectivity index (χ2v) is 6.90. The topological polar surface area (TPSA) is 55.4 Å². The van der Waals surface area contributed by atoms with Gasteiger partial charge in [-0.3, -0.25) is 0 Å². The largest absolute Gasteiger partial charge is 0.353 e. The lowest BCUT2D eigenvalue weighted by atomic mass is 9.98. The van der Waals surface area contributed by atoms with Crippen molar-refractivity contribution in [3.8, 4) is 0 Å². The number of hydrogen-bond donors (Lipinski definition) is 0. The quantitative estimate of drug-likeness (QED) is 0.828. The van der Waals surface area contributed by atoms with Gasteiger partial charge in [0.15, 0.2) is 18.9 Å². The number of ether oxygens (including phenoxy) is 6. The maximum Gasteiger partial charge on any atom is 0.186 e. The van der Waals surface area contributed by atoms with Crippen LogP contribution in [-0.2, 0) is 28.4 Å². The smallest absolute Gasteiger partial charge is 0.186 e. The predicted molar refractivity (Wildman–Crippen MR) is 94.6 cm³/mol. The highest BCUT2D eigenvalue weighted by Gasteiger charge is 2.56. The van der Waals surface area contributed by atoms with E-state index in [-0.39, 0.29) is 24.4 Å². The summed E-state index contributed by atoms with van der Waals surface area (Å²) >= 11 is 0. The molecule has 6 heteroatoms. The van der Waals surface area contributed by atoms with Crippen LogP contribution in [0.15, 0.2) is 60.7 Å². The molecule has 0 aliphatic carbocycles. The zero-order chi connectivity index (χ0) is 18.2. The predicted octanol–water partition coefficient (Wildman–Crippen LogP) is 2.95. The Labute approximate surface area is 157 Å². The van der Waals surface area contributed by atoms with Crippen molar-refractivity contribution in [1.82, 2.24) is 0 Å². The van der Waals surface area contributed by atoms with Crippen LogP contribution in [0.5, 0.6) is 0 Å². The van der Waals surface area contributed by atoms with Crippen molar-refractivity contribution in [2.24, 2.45) is 0 Å². The molecule has 0 amide bonds. The Morgan fingerprint density at radius 1 is 0.704 bits per heavy atom. The van der Waals surface area contributed by atoms with Crippen LogP contribution in [0.2, 0.25) is 0 Å². The van der Waals surface area contributed by atoms with Gasteiger partial charge in [-0.05, 0) is 0 Å². The summed E-state index contributed by atoms with van der Waals surface area (Å²) in [4.78, 5) is 0. The number of methoxy groups -OCH3 is 1. The molecular weight excluding hydrogens is 348 g/mol. The molecule has 3 fully saturated rings. The van der Waals surface area contributed by atoms with Gasteiger partial charge in [0, 0.05) is 18.2 Å². The molecule has 142 valence electrons. The molecule has 3 aliphatic heterocycles. The van der Waals surface area contributed by atoms with E-state index in [2.05, 4.69) is 0 Å². The van der Waals surface area contributed by atoms with Crippen LogP contribution in [0.3, 0.4) is 0 Å². The van der Waals surface area contributed by atoms with Gasteiger partial charge < -0.3 is 28.4 Å². The van der Waals surface area contributed by atoms with Gasteiger partial charge in [0.2, 0.25) is 0 Å². The Balaban J connectivity index is 1.39. The van der Waals surface area contributed by atoms with Crippen molar-refractivity contribution in [3.05, 3.63) is 71.8 Å². The van der Waals surface area contributed by atoms with Gasteiger partial charge in [-0.1, -0.05) is 60.7 Å². The normalized spacial score (nSPS) is 38.2. The van der Waals surface area contributed by atoms with Crippen molar-refractivity contribution in [2.75, 3.05) is 13.7 Å². The van der Waals surface area contributed by atoms with Crippen molar-refractivity contribution in [1.29, 1.82) is 0 Å². The Bertz CT molecular complexity index is 754. The summed E-state index contributed by atoms with van der Waals surface area (Å²) in [5, 5.41) is 0. The van der Waals surface area contributed by atoms with Gasteiger partial charge in [-0.15, -0.1) is 0 Å². The molecule has 2 unspecified atom stereocenters. The molecule has 0 radical (unpaired) electrons. The minimum Gasteiger partial charge on any atom is -0.353 e. The lowest BCUT2D eigenvalue weighted by Gasteiger charge is -2.45. The second kappa shape index (κ2) is 7.31. The molecule has 0 bridgehead atoms. The lowest BCUT2D eigenvalue weighted by molar-refractivity contribution is -0.343. The van der Waals surface area contributed by atoms with Crippen LogP contribution in [0.25, 0.3) is 0 Å². The van der Waals surface area contributed by atoms with E-state index in [1.165, 1.54) is 0 Å². The Hall–Kier alpha value is -1.80. The Kier molecular flexibility index (Phi) is 4.69. The lowest BCUT2D eigenvalue weighted by Crippen LogP contribution is -2.61. The van der Waals surface area contributed by atoms with Crippen molar-refractivity contribution < 1.29 is 28.4 Å². The van der Waals surface area contributed by atoms with Crippen molar-refractivity contribution in [3.63, 3.8) is 0 Å². The molecular formula is C21H22O6. The first-order valence-electron chi connectivity index (χ1n) is 9.19. The monoisotopic (exact) mass is 370 g/mol. The Morgan fingerprint density at radius 2 is 1.30 bits per heavy atom. The molecule has 2 aromatic carbocycles. The SMILES string of the molecule is CO[C@H]1O[C@@H]2COC(c3ccccc3)O[C@H]2[C@@H]2OC(c3ccccc3)O[C@H]12. The van der Waals surface area contributed by atoms with Gasteiger partial charge in [0.1, 0.15) is 24.4 Å². The van der Waals surface area contributed by atoms with Gasteiger partial charge in [0.25, 0.3) is 0 Å². The number of rotatable bonds is 3. The first-order chi connectivity index (χ1) is 13.3. The fraction of sp³-hybridized carbons (Fsp3) is 0.429. The molecule has 0 N–H and O–H groups in total. The highest BCUT2D eigenvalue weighted by molar-refractivity contribution is 5.18. The van der Waals surface area contributed by atoms with E-state index in [1.807, 2.05) is 60.7 Å². The first kappa shape index (κ1) is 17.3. The zero-order valence-electron chi connectivity index (χ0n) is 15.0. The third-order valence-electron chi connectivity index (χ3n) is 5.22. The molecule has 7 atom stereocenters. The van der Waals surface area contributed by atoms with Gasteiger partial charge in [-0.2, -0.15) is 0 Å². The van der Waals surface area contributed by atoms with Crippen LogP contribution < -0.4 is 0 Å². The van der Waals surface area contributed by atoms with Crippen molar-refractivity contribution in [2.45, 2.75) is 43.3 Å². The molecule has 0 spiro atoms. The fourth-order valence-corrected chi connectivity index (χ4v) is 3.90. The molecule has 6 nitrogen and oxygen atoms in total. The summed E-state index contributed by atoms with van der Waals surface area (Å²) in [6.07, 6.45) is -2.67. The van der Waals surface area contributed by atoms with E-state index in [0.717, 1.165) is 11.1 Å². The van der Waals surface area contributed by atoms with E-state index < -0.39 is 18.9 Å². The summed E-state index contributed by atoms with van der Waals surface area (Å²) in [5.74, 6) is 0. The van der Waals surface area contributed by atoms with Gasteiger partial charge >= 0.3 is 0 Å². The molecule has 0 aromatic heterocycles. The van der Waals surface area contributed by atoms with E-state index in [0.29, 0.717) is 6.61 Å². The maximum absolute atomic E-state index is 6.27. The fourth-order valence-electron chi connectivity index (χ4n) is 3.90. The minimum atomic E-state index is -0.523. The molecule has 5 rings (SSSR count). The van der Waals surface area contributed by atoms with Gasteiger partial charge in [0.05, 0.1) is 6.61 Å². The number of hydrogen-bond acceptors (Lipinski definition) is 6. The zero-order valence-corrected chi connectivity index (χ0v) is 15.0. The number of fused-ring (bicyclic) bond motifs is 3. The molecule has 0 saturated carbocycles. The molecule has 2 aromatic rings. The van der Waals surface area contributed by atoms with E-state index in [9.17, 15) is 0 Å².